The second-order valence-electron chi connectivity index (χ2n) is 6.43. The molecule has 1 N–H and O–H groups in total. The average molecular weight is 445 g/mol. The Bertz CT molecular complexity index is 1090. The van der Waals surface area contributed by atoms with Crippen LogP contribution in [0.3, 0.4) is 0 Å². The van der Waals surface area contributed by atoms with Gasteiger partial charge in [-0.15, -0.1) is 10.2 Å². The van der Waals surface area contributed by atoms with Gasteiger partial charge in [0.25, 0.3) is 11.8 Å². The van der Waals surface area contributed by atoms with Gasteiger partial charge in [0, 0.05) is 12.0 Å². The molecule has 3 amide bonds. The number of fused-ring (bicyclic) bond motifs is 2. The molecule has 1 spiro atoms. The van der Waals surface area contributed by atoms with Gasteiger partial charge in [-0.1, -0.05) is 18.2 Å². The Labute approximate surface area is 166 Å². The Morgan fingerprint density at radius 3 is 2.82 bits per heavy atom. The number of halogens is 1. The quantitative estimate of drug-likeness (QED) is 0.618. The number of nitrogens with zero attached hydrogens (tertiary/aromatic N) is 3. The van der Waals surface area contributed by atoms with Crippen LogP contribution in [0, 0.1) is 0 Å². The minimum absolute atomic E-state index is 0.128. The third kappa shape index (κ3) is 2.52. The minimum Gasteiger partial charge on any atom is -0.493 e. The molecule has 1 fully saturated rings. The summed E-state index contributed by atoms with van der Waals surface area (Å²) in [6.07, 6.45) is 0.348. The number of para-hydroxylation sites is 1. The summed E-state index contributed by atoms with van der Waals surface area (Å²) in [6, 6.07) is 10.1. The summed E-state index contributed by atoms with van der Waals surface area (Å²) in [5.74, 6) is 0.904. The van der Waals surface area contributed by atoms with E-state index in [2.05, 4.69) is 31.4 Å². The predicted molar refractivity (Wildman–Crippen MR) is 97.0 cm³/mol. The first-order valence-electron chi connectivity index (χ1n) is 8.51. The van der Waals surface area contributed by atoms with Crippen molar-refractivity contribution in [2.75, 3.05) is 6.61 Å². The molecule has 9 nitrogen and oxygen atoms in total. The molecule has 0 bridgehead atoms. The molecule has 1 aromatic carbocycles. The molecule has 5 rings (SSSR count). The number of furan rings is 1. The summed E-state index contributed by atoms with van der Waals surface area (Å²) in [7, 11) is 0. The third-order valence-electron chi connectivity index (χ3n) is 4.80. The number of carbonyl (C=O) groups excluding carboxylic acids is 2. The van der Waals surface area contributed by atoms with Gasteiger partial charge in [-0.2, -0.15) is 0 Å². The van der Waals surface area contributed by atoms with E-state index in [1.54, 1.807) is 24.3 Å². The van der Waals surface area contributed by atoms with Gasteiger partial charge in [-0.05, 0) is 34.1 Å². The monoisotopic (exact) mass is 444 g/mol. The highest BCUT2D eigenvalue weighted by Crippen LogP contribution is 2.41. The number of rotatable bonds is 3. The van der Waals surface area contributed by atoms with Gasteiger partial charge in [-0.25, -0.2) is 4.79 Å². The first-order chi connectivity index (χ1) is 13.6. The second kappa shape index (κ2) is 6.20. The molecule has 2 aliphatic rings. The van der Waals surface area contributed by atoms with E-state index in [0.29, 0.717) is 34.8 Å². The van der Waals surface area contributed by atoms with E-state index in [9.17, 15) is 9.59 Å². The smallest absolute Gasteiger partial charge is 0.325 e. The van der Waals surface area contributed by atoms with Crippen molar-refractivity contribution in [3.8, 4) is 17.4 Å². The fourth-order valence-electron chi connectivity index (χ4n) is 3.50. The van der Waals surface area contributed by atoms with Crippen LogP contribution in [0.25, 0.3) is 11.7 Å². The molecular formula is C18H13BrN4O5. The molecule has 4 heterocycles. The van der Waals surface area contributed by atoms with Crippen LogP contribution >= 0.6 is 15.9 Å². The molecule has 1 saturated heterocycles. The van der Waals surface area contributed by atoms with E-state index >= 15 is 0 Å². The molecule has 142 valence electrons. The molecule has 2 aliphatic heterocycles. The standard InChI is InChI=1S/C18H13BrN4O5/c19-13-6-5-12(27-13)15-22-21-14(28-15)9-23-16(24)18(20-17(23)25)7-8-26-11-4-2-1-3-10(11)18/h1-6H,7-9H2,(H,20,25). The topological polar surface area (TPSA) is 111 Å². The lowest BCUT2D eigenvalue weighted by Gasteiger charge is -2.33. The Hall–Kier alpha value is -3.14. The van der Waals surface area contributed by atoms with Crippen LogP contribution in [0.4, 0.5) is 4.79 Å². The predicted octanol–water partition coefficient (Wildman–Crippen LogP) is 2.82. The number of amides is 3. The maximum absolute atomic E-state index is 13.2. The molecule has 0 aliphatic carbocycles. The largest absolute Gasteiger partial charge is 0.493 e. The number of hydrogen-bond donors (Lipinski definition) is 1. The molecule has 1 atom stereocenters. The zero-order valence-electron chi connectivity index (χ0n) is 14.3. The Kier molecular flexibility index (Phi) is 3.76. The molecule has 2 aromatic heterocycles. The van der Waals surface area contributed by atoms with Crippen LogP contribution in [0.15, 0.2) is 49.9 Å². The highest BCUT2D eigenvalue weighted by molar-refractivity contribution is 9.10. The summed E-state index contributed by atoms with van der Waals surface area (Å²) in [4.78, 5) is 26.9. The van der Waals surface area contributed by atoms with Gasteiger partial charge >= 0.3 is 6.03 Å². The number of imide groups is 1. The van der Waals surface area contributed by atoms with Crippen molar-refractivity contribution < 1.29 is 23.2 Å². The number of nitrogens with one attached hydrogen (secondary N) is 1. The number of carbonyl (C=O) groups is 2. The van der Waals surface area contributed by atoms with Crippen molar-refractivity contribution >= 4 is 27.9 Å². The molecule has 0 radical (unpaired) electrons. The van der Waals surface area contributed by atoms with Gasteiger partial charge in [-0.3, -0.25) is 9.69 Å². The van der Waals surface area contributed by atoms with Gasteiger partial charge in [0.15, 0.2) is 16.0 Å². The fraction of sp³-hybridized carbons (Fsp3) is 0.222. The van der Waals surface area contributed by atoms with Gasteiger partial charge < -0.3 is 18.9 Å². The maximum atomic E-state index is 13.2. The lowest BCUT2D eigenvalue weighted by molar-refractivity contribution is -0.133. The second-order valence-corrected chi connectivity index (χ2v) is 7.21. The summed E-state index contributed by atoms with van der Waals surface area (Å²) in [5, 5.41) is 10.7. The lowest BCUT2D eigenvalue weighted by Crippen LogP contribution is -2.47. The summed E-state index contributed by atoms with van der Waals surface area (Å²) in [6.45, 7) is 0.194. The highest BCUT2D eigenvalue weighted by Gasteiger charge is 2.55. The van der Waals surface area contributed by atoms with Crippen molar-refractivity contribution in [1.29, 1.82) is 0 Å². The Morgan fingerprint density at radius 1 is 1.14 bits per heavy atom. The van der Waals surface area contributed by atoms with Crippen LogP contribution in [0.5, 0.6) is 5.75 Å². The number of benzene rings is 1. The van der Waals surface area contributed by atoms with Crippen LogP contribution < -0.4 is 10.1 Å². The van der Waals surface area contributed by atoms with Crippen LogP contribution in [-0.2, 0) is 16.9 Å². The SMILES string of the molecule is O=C1NC2(CCOc3ccccc32)C(=O)N1Cc1nnc(-c2ccc(Br)o2)o1. The molecule has 0 saturated carbocycles. The zero-order chi connectivity index (χ0) is 19.3. The van der Waals surface area contributed by atoms with E-state index in [1.807, 2.05) is 12.1 Å². The normalized spacial score (nSPS) is 21.0. The lowest BCUT2D eigenvalue weighted by atomic mass is 9.84. The molecule has 28 heavy (non-hydrogen) atoms. The highest BCUT2D eigenvalue weighted by atomic mass is 79.9. The summed E-state index contributed by atoms with van der Waals surface area (Å²) < 4.78 is 17.1. The van der Waals surface area contributed by atoms with Crippen molar-refractivity contribution in [1.82, 2.24) is 20.4 Å². The van der Waals surface area contributed by atoms with Crippen LogP contribution in [-0.4, -0.2) is 33.6 Å². The number of aromatic nitrogens is 2. The number of hydrogen-bond acceptors (Lipinski definition) is 7. The summed E-state index contributed by atoms with van der Waals surface area (Å²) >= 11 is 3.20. The maximum Gasteiger partial charge on any atom is 0.325 e. The van der Waals surface area contributed by atoms with Gasteiger partial charge in [0.05, 0.1) is 6.61 Å². The molecule has 1 unspecified atom stereocenters. The van der Waals surface area contributed by atoms with Crippen LogP contribution in [0.2, 0.25) is 0 Å². The molecule has 3 aromatic rings. The fourth-order valence-corrected chi connectivity index (χ4v) is 3.80. The summed E-state index contributed by atoms with van der Waals surface area (Å²) in [5.41, 5.74) is -0.491. The van der Waals surface area contributed by atoms with E-state index in [-0.39, 0.29) is 24.2 Å². The first-order valence-corrected chi connectivity index (χ1v) is 9.31. The van der Waals surface area contributed by atoms with Crippen molar-refractivity contribution in [2.24, 2.45) is 0 Å². The average Bonchev–Trinajstić information content (AvgIpc) is 3.39. The van der Waals surface area contributed by atoms with Crippen molar-refractivity contribution in [3.63, 3.8) is 0 Å². The Morgan fingerprint density at radius 2 is 2.00 bits per heavy atom. The van der Waals surface area contributed by atoms with Crippen LogP contribution in [0.1, 0.15) is 17.9 Å². The minimum atomic E-state index is -1.14. The van der Waals surface area contributed by atoms with E-state index in [0.717, 1.165) is 4.90 Å². The van der Waals surface area contributed by atoms with E-state index in [1.165, 1.54) is 0 Å². The number of ether oxygens (including phenoxy) is 1. The van der Waals surface area contributed by atoms with Crippen molar-refractivity contribution in [2.45, 2.75) is 18.5 Å². The van der Waals surface area contributed by atoms with Crippen molar-refractivity contribution in [3.05, 3.63) is 52.5 Å². The van der Waals surface area contributed by atoms with Gasteiger partial charge in [0.2, 0.25) is 5.89 Å². The molecular weight excluding hydrogens is 432 g/mol. The first kappa shape index (κ1) is 17.0. The molecule has 10 heteroatoms. The third-order valence-corrected chi connectivity index (χ3v) is 5.23. The zero-order valence-corrected chi connectivity index (χ0v) is 15.9. The van der Waals surface area contributed by atoms with E-state index in [4.69, 9.17) is 13.6 Å². The number of urea groups is 1. The van der Waals surface area contributed by atoms with E-state index < -0.39 is 11.6 Å². The Balaban J connectivity index is 1.43. The van der Waals surface area contributed by atoms with Gasteiger partial charge in [0.1, 0.15) is 12.3 Å².